The lowest BCUT2D eigenvalue weighted by atomic mass is 10.0. The highest BCUT2D eigenvalue weighted by atomic mass is 15.3. The number of hydrogen-bond donors (Lipinski definition) is 0. The van der Waals surface area contributed by atoms with Gasteiger partial charge in [0.05, 0.1) is 0 Å². The van der Waals surface area contributed by atoms with Crippen molar-refractivity contribution in [2.24, 2.45) is 0 Å². The molecule has 28 heavy (non-hydrogen) atoms. The lowest BCUT2D eigenvalue weighted by Gasteiger charge is -2.36. The van der Waals surface area contributed by atoms with Crippen LogP contribution < -0.4 is 4.90 Å². The number of benzene rings is 1. The van der Waals surface area contributed by atoms with E-state index in [1.165, 1.54) is 68.9 Å². The molecule has 0 bridgehead atoms. The lowest BCUT2D eigenvalue weighted by molar-refractivity contribution is 0.182. The van der Waals surface area contributed by atoms with E-state index < -0.39 is 0 Å². The number of nitrogens with zero attached hydrogens (tertiary/aromatic N) is 4. The van der Waals surface area contributed by atoms with Gasteiger partial charge in [0, 0.05) is 63.7 Å². The molecule has 1 aromatic carbocycles. The second-order valence-corrected chi connectivity index (χ2v) is 8.59. The maximum absolute atomic E-state index is 2.54. The predicted molar refractivity (Wildman–Crippen MR) is 121 cm³/mol. The van der Waals surface area contributed by atoms with E-state index in [9.17, 15) is 0 Å². The van der Waals surface area contributed by atoms with Crippen LogP contribution >= 0.6 is 0 Å². The Morgan fingerprint density at radius 1 is 0.607 bits per heavy atom. The highest BCUT2D eigenvalue weighted by Crippen LogP contribution is 2.21. The van der Waals surface area contributed by atoms with Gasteiger partial charge in [-0.15, -0.1) is 0 Å². The molecular formula is C24H38N4. The second kappa shape index (κ2) is 10.1. The monoisotopic (exact) mass is 382 g/mol. The third-order valence-corrected chi connectivity index (χ3v) is 6.15. The van der Waals surface area contributed by atoms with Gasteiger partial charge in [0.2, 0.25) is 0 Å². The molecule has 1 aliphatic carbocycles. The van der Waals surface area contributed by atoms with Gasteiger partial charge in [-0.2, -0.15) is 0 Å². The van der Waals surface area contributed by atoms with E-state index in [0.29, 0.717) is 0 Å². The Balaban J connectivity index is 0.000000161. The first-order chi connectivity index (χ1) is 13.5. The molecule has 2 saturated heterocycles. The van der Waals surface area contributed by atoms with Gasteiger partial charge in [-0.25, -0.2) is 0 Å². The van der Waals surface area contributed by atoms with Gasteiger partial charge in [0.1, 0.15) is 0 Å². The molecule has 1 aromatic rings. The Morgan fingerprint density at radius 2 is 1.14 bits per heavy atom. The summed E-state index contributed by atoms with van der Waals surface area (Å²) in [5.74, 6) is 0. The topological polar surface area (TPSA) is 13.0 Å². The molecule has 2 fully saturated rings. The molecule has 0 unspecified atom stereocenters. The Morgan fingerprint density at radius 3 is 1.64 bits per heavy atom. The molecule has 3 aliphatic rings. The molecule has 0 saturated carbocycles. The Bertz CT molecular complexity index is 660. The van der Waals surface area contributed by atoms with Crippen LogP contribution in [0.4, 0.5) is 5.69 Å². The summed E-state index contributed by atoms with van der Waals surface area (Å²) < 4.78 is 0. The number of aryl methyl sites for hydroxylation is 1. The van der Waals surface area contributed by atoms with E-state index >= 15 is 0 Å². The summed E-state index contributed by atoms with van der Waals surface area (Å²) in [7, 11) is 4.39. The molecule has 2 heterocycles. The summed E-state index contributed by atoms with van der Waals surface area (Å²) in [5.41, 5.74) is 5.76. The van der Waals surface area contributed by atoms with Crippen LogP contribution in [-0.4, -0.2) is 81.2 Å². The van der Waals surface area contributed by atoms with Crippen LogP contribution in [0.3, 0.4) is 0 Å². The fraction of sp³-hybridized carbons (Fsp3) is 0.583. The molecule has 0 radical (unpaired) electrons. The Labute approximate surface area is 172 Å². The summed E-state index contributed by atoms with van der Waals surface area (Å²) in [6.07, 6.45) is 7.07. The van der Waals surface area contributed by atoms with Crippen molar-refractivity contribution >= 4 is 5.69 Å². The predicted octanol–water partition coefficient (Wildman–Crippen LogP) is 3.60. The summed E-state index contributed by atoms with van der Waals surface area (Å²) in [6.45, 7) is 13.8. The highest BCUT2D eigenvalue weighted by molar-refractivity contribution is 5.47. The minimum Gasteiger partial charge on any atom is -0.372 e. The number of allylic oxidation sites excluding steroid dienone is 4. The van der Waals surface area contributed by atoms with Crippen molar-refractivity contribution in [2.45, 2.75) is 26.7 Å². The van der Waals surface area contributed by atoms with Gasteiger partial charge in [0.25, 0.3) is 0 Å². The van der Waals surface area contributed by atoms with E-state index in [-0.39, 0.29) is 0 Å². The average molecular weight is 383 g/mol. The van der Waals surface area contributed by atoms with Gasteiger partial charge in [0.15, 0.2) is 0 Å². The molecule has 0 N–H and O–H groups in total. The molecule has 4 heteroatoms. The van der Waals surface area contributed by atoms with Crippen LogP contribution in [0.2, 0.25) is 0 Å². The van der Waals surface area contributed by atoms with Gasteiger partial charge >= 0.3 is 0 Å². The first-order valence-electron chi connectivity index (χ1n) is 10.8. The standard InChI is InChI=1S/C12H20N2.C12H18N2/c2*1-11-3-5-12(6-4-11)14-9-7-13(2)8-10-14/h3,5H,4,6-10H2,1-2H3;3-6H,7-10H2,1-2H3. The van der Waals surface area contributed by atoms with E-state index in [0.717, 1.165) is 13.1 Å². The molecule has 0 spiro atoms. The molecule has 0 atom stereocenters. The van der Waals surface area contributed by atoms with Crippen LogP contribution in [0.1, 0.15) is 25.3 Å². The maximum atomic E-state index is 2.54. The van der Waals surface area contributed by atoms with Crippen molar-refractivity contribution in [1.29, 1.82) is 0 Å². The molecule has 0 amide bonds. The fourth-order valence-corrected chi connectivity index (χ4v) is 3.91. The van der Waals surface area contributed by atoms with Crippen LogP contribution in [0.25, 0.3) is 0 Å². The van der Waals surface area contributed by atoms with Gasteiger partial charge in [-0.3, -0.25) is 0 Å². The zero-order valence-electron chi connectivity index (χ0n) is 18.3. The number of rotatable bonds is 2. The first-order valence-corrected chi connectivity index (χ1v) is 10.8. The van der Waals surface area contributed by atoms with E-state index in [4.69, 9.17) is 0 Å². The molecule has 154 valence electrons. The Hall–Kier alpha value is -1.78. The highest BCUT2D eigenvalue weighted by Gasteiger charge is 2.17. The van der Waals surface area contributed by atoms with Crippen molar-refractivity contribution in [3.05, 3.63) is 53.3 Å². The number of likely N-dealkylation sites (N-methyl/N-ethyl adjacent to an activating group) is 2. The first kappa shape index (κ1) is 20.9. The maximum Gasteiger partial charge on any atom is 0.0367 e. The van der Waals surface area contributed by atoms with Crippen molar-refractivity contribution in [2.75, 3.05) is 71.4 Å². The van der Waals surface area contributed by atoms with Crippen molar-refractivity contribution in [3.8, 4) is 0 Å². The normalized spacial score (nSPS) is 21.6. The molecular weight excluding hydrogens is 344 g/mol. The van der Waals surface area contributed by atoms with Crippen molar-refractivity contribution in [3.63, 3.8) is 0 Å². The summed E-state index contributed by atoms with van der Waals surface area (Å²) in [5, 5.41) is 0. The smallest absolute Gasteiger partial charge is 0.0367 e. The number of piperazine rings is 2. The molecule has 2 aliphatic heterocycles. The summed E-state index contributed by atoms with van der Waals surface area (Å²) in [4.78, 5) is 9.79. The van der Waals surface area contributed by atoms with Crippen LogP contribution in [0.15, 0.2) is 47.7 Å². The third kappa shape index (κ3) is 6.11. The summed E-state index contributed by atoms with van der Waals surface area (Å²) >= 11 is 0. The zero-order valence-corrected chi connectivity index (χ0v) is 18.3. The quantitative estimate of drug-likeness (QED) is 0.775. The SMILES string of the molecule is CC1=CC=C(N2CCN(C)CC2)CC1.Cc1ccc(N2CCN(C)CC2)cc1. The average Bonchev–Trinajstić information content (AvgIpc) is 2.71. The van der Waals surface area contributed by atoms with Crippen LogP contribution in [0.5, 0.6) is 0 Å². The van der Waals surface area contributed by atoms with E-state index in [1.54, 1.807) is 5.70 Å². The van der Waals surface area contributed by atoms with Crippen LogP contribution in [0, 0.1) is 6.92 Å². The minimum atomic E-state index is 1.15. The van der Waals surface area contributed by atoms with E-state index in [1.807, 2.05) is 0 Å². The van der Waals surface area contributed by atoms with Gasteiger partial charge in [-0.05, 0) is 59.0 Å². The number of hydrogen-bond acceptors (Lipinski definition) is 4. The minimum absolute atomic E-state index is 1.15. The number of anilines is 1. The van der Waals surface area contributed by atoms with Crippen molar-refractivity contribution in [1.82, 2.24) is 14.7 Å². The van der Waals surface area contributed by atoms with Crippen LogP contribution in [-0.2, 0) is 0 Å². The second-order valence-electron chi connectivity index (χ2n) is 8.59. The molecule has 0 aromatic heterocycles. The lowest BCUT2D eigenvalue weighted by Crippen LogP contribution is -2.44. The largest absolute Gasteiger partial charge is 0.372 e. The van der Waals surface area contributed by atoms with E-state index in [2.05, 4.69) is 84.0 Å². The molecule has 4 rings (SSSR count). The zero-order chi connectivity index (χ0) is 19.9. The van der Waals surface area contributed by atoms with Crippen molar-refractivity contribution < 1.29 is 0 Å². The fourth-order valence-electron chi connectivity index (χ4n) is 3.91. The van der Waals surface area contributed by atoms with Gasteiger partial charge in [-0.1, -0.05) is 29.3 Å². The third-order valence-electron chi connectivity index (χ3n) is 6.15. The molecule has 4 nitrogen and oxygen atoms in total. The van der Waals surface area contributed by atoms with Gasteiger partial charge < -0.3 is 19.6 Å². The summed E-state index contributed by atoms with van der Waals surface area (Å²) in [6, 6.07) is 8.82. The Kier molecular flexibility index (Phi) is 7.57.